The maximum Gasteiger partial charge on any atom is 0.247 e. The minimum atomic E-state index is -1.68. The first-order valence-corrected chi connectivity index (χ1v) is 11.5. The molecule has 0 bridgehead atoms. The van der Waals surface area contributed by atoms with Gasteiger partial charge in [-0.1, -0.05) is 36.4 Å². The predicted octanol–water partition coefficient (Wildman–Crippen LogP) is 3.38. The Morgan fingerprint density at radius 1 is 1.22 bits per heavy atom. The van der Waals surface area contributed by atoms with Crippen molar-refractivity contribution in [3.8, 4) is 0 Å². The van der Waals surface area contributed by atoms with E-state index in [4.69, 9.17) is 9.16 Å². The summed E-state index contributed by atoms with van der Waals surface area (Å²) in [5.41, 5.74) is 1.08. The van der Waals surface area contributed by atoms with Gasteiger partial charge in [0, 0.05) is 13.2 Å². The second-order valence-corrected chi connectivity index (χ2v) is 11.4. The van der Waals surface area contributed by atoms with Gasteiger partial charge in [-0.3, -0.25) is 4.79 Å². The van der Waals surface area contributed by atoms with Gasteiger partial charge in [-0.15, -0.1) is 0 Å². The lowest BCUT2D eigenvalue weighted by molar-refractivity contribution is -0.131. The third-order valence-electron chi connectivity index (χ3n) is 3.88. The molecule has 0 unspecified atom stereocenters. The van der Waals surface area contributed by atoms with Crippen molar-refractivity contribution in [1.82, 2.24) is 4.90 Å². The third kappa shape index (κ3) is 4.53. The molecule has 0 N–H and O–H groups in total. The average molecular weight is 334 g/mol. The Bertz CT molecular complexity index is 553. The normalized spacial score (nSPS) is 20.8. The standard InChI is InChI=1S/C18H27NO3Si/c1-14(22-23(3,4)5)16-11-12-18(20)19(16)17(13-21-2)15-9-7-6-8-10-15/h6-12,14,16-17H,13H2,1-5H3/t14-,16-,17+/m1/s1. The van der Waals surface area contributed by atoms with Crippen molar-refractivity contribution in [2.24, 2.45) is 0 Å². The van der Waals surface area contributed by atoms with E-state index in [1.54, 1.807) is 13.2 Å². The molecule has 1 aliphatic rings. The van der Waals surface area contributed by atoms with Crippen LogP contribution in [0.1, 0.15) is 18.5 Å². The van der Waals surface area contributed by atoms with Crippen LogP contribution in [-0.4, -0.2) is 45.0 Å². The highest BCUT2D eigenvalue weighted by Gasteiger charge is 2.37. The zero-order valence-electron chi connectivity index (χ0n) is 14.7. The summed E-state index contributed by atoms with van der Waals surface area (Å²) in [7, 11) is -0.00752. The summed E-state index contributed by atoms with van der Waals surface area (Å²) < 4.78 is 11.6. The fourth-order valence-electron chi connectivity index (χ4n) is 3.05. The first kappa shape index (κ1) is 17.9. The van der Waals surface area contributed by atoms with Gasteiger partial charge < -0.3 is 14.1 Å². The molecule has 0 aromatic heterocycles. The fourth-order valence-corrected chi connectivity index (χ4v) is 4.30. The number of nitrogens with zero attached hydrogens (tertiary/aromatic N) is 1. The molecule has 0 saturated carbocycles. The lowest BCUT2D eigenvalue weighted by Crippen LogP contribution is -2.47. The molecule has 0 spiro atoms. The van der Waals surface area contributed by atoms with Crippen molar-refractivity contribution in [3.05, 3.63) is 48.0 Å². The van der Waals surface area contributed by atoms with E-state index in [1.165, 1.54) is 0 Å². The van der Waals surface area contributed by atoms with Crippen molar-refractivity contribution >= 4 is 14.2 Å². The number of carbonyl (C=O) groups is 1. The molecule has 1 aromatic carbocycles. The smallest absolute Gasteiger partial charge is 0.247 e. The molecule has 0 saturated heterocycles. The molecule has 3 atom stereocenters. The summed E-state index contributed by atoms with van der Waals surface area (Å²) in [6.07, 6.45) is 3.58. The topological polar surface area (TPSA) is 38.8 Å². The molecule has 4 nitrogen and oxygen atoms in total. The van der Waals surface area contributed by atoms with Gasteiger partial charge in [0.2, 0.25) is 5.91 Å². The number of ether oxygens (including phenoxy) is 1. The Hall–Kier alpha value is -1.43. The highest BCUT2D eigenvalue weighted by atomic mass is 28.4. The van der Waals surface area contributed by atoms with Crippen LogP contribution in [0.25, 0.3) is 0 Å². The molecule has 5 heteroatoms. The monoisotopic (exact) mass is 333 g/mol. The molecule has 0 fully saturated rings. The Labute approximate surface area is 140 Å². The van der Waals surface area contributed by atoms with E-state index in [1.807, 2.05) is 48.2 Å². The number of hydrogen-bond acceptors (Lipinski definition) is 3. The number of benzene rings is 1. The van der Waals surface area contributed by atoms with Gasteiger partial charge in [-0.2, -0.15) is 0 Å². The number of amides is 1. The van der Waals surface area contributed by atoms with Crippen LogP contribution in [0.2, 0.25) is 19.6 Å². The quantitative estimate of drug-likeness (QED) is 0.718. The van der Waals surface area contributed by atoms with Gasteiger partial charge in [0.05, 0.1) is 24.8 Å². The minimum absolute atomic E-state index is 0.0203. The van der Waals surface area contributed by atoms with Gasteiger partial charge in [-0.05, 0) is 32.1 Å². The zero-order valence-corrected chi connectivity index (χ0v) is 15.7. The molecule has 1 amide bonds. The Morgan fingerprint density at radius 3 is 2.43 bits per heavy atom. The molecule has 23 heavy (non-hydrogen) atoms. The fraction of sp³-hybridized carbons (Fsp3) is 0.500. The first-order chi connectivity index (χ1) is 10.8. The van der Waals surface area contributed by atoms with Gasteiger partial charge in [0.25, 0.3) is 0 Å². The first-order valence-electron chi connectivity index (χ1n) is 8.05. The molecular weight excluding hydrogens is 306 g/mol. The number of hydrogen-bond donors (Lipinski definition) is 0. The van der Waals surface area contributed by atoms with Crippen LogP contribution in [0.4, 0.5) is 0 Å². The molecule has 0 aliphatic carbocycles. The van der Waals surface area contributed by atoms with Crippen molar-refractivity contribution in [3.63, 3.8) is 0 Å². The van der Waals surface area contributed by atoms with E-state index in [0.717, 1.165) is 5.56 Å². The SMILES string of the molecule is COC[C@@H](c1ccccc1)N1C(=O)C=C[C@@H]1[C@@H](C)O[Si](C)(C)C. The highest BCUT2D eigenvalue weighted by Crippen LogP contribution is 2.30. The lowest BCUT2D eigenvalue weighted by atomic mass is 10.0. The molecule has 2 rings (SSSR count). The van der Waals surface area contributed by atoms with Crippen molar-refractivity contribution < 1.29 is 14.0 Å². The van der Waals surface area contributed by atoms with Crippen molar-refractivity contribution in [1.29, 1.82) is 0 Å². The Morgan fingerprint density at radius 2 is 1.87 bits per heavy atom. The summed E-state index contributed by atoms with van der Waals surface area (Å²) in [5.74, 6) is 0.0203. The van der Waals surface area contributed by atoms with Crippen LogP contribution < -0.4 is 0 Å². The van der Waals surface area contributed by atoms with E-state index in [0.29, 0.717) is 6.61 Å². The van der Waals surface area contributed by atoms with E-state index >= 15 is 0 Å². The molecule has 1 heterocycles. The largest absolute Gasteiger partial charge is 0.413 e. The third-order valence-corrected chi connectivity index (χ3v) is 4.96. The van der Waals surface area contributed by atoms with E-state index in [9.17, 15) is 4.79 Å². The molecule has 1 aromatic rings. The van der Waals surface area contributed by atoms with Gasteiger partial charge >= 0.3 is 0 Å². The van der Waals surface area contributed by atoms with Crippen LogP contribution in [0.5, 0.6) is 0 Å². The second kappa shape index (κ2) is 7.42. The van der Waals surface area contributed by atoms with E-state index < -0.39 is 8.32 Å². The van der Waals surface area contributed by atoms with E-state index in [-0.39, 0.29) is 24.1 Å². The zero-order chi connectivity index (χ0) is 17.0. The maximum absolute atomic E-state index is 12.5. The van der Waals surface area contributed by atoms with Crippen molar-refractivity contribution in [2.75, 3.05) is 13.7 Å². The number of methoxy groups -OCH3 is 1. The number of rotatable bonds is 7. The molecular formula is C18H27NO3Si. The lowest BCUT2D eigenvalue weighted by Gasteiger charge is -2.38. The summed E-state index contributed by atoms with van der Waals surface area (Å²) in [4.78, 5) is 14.4. The van der Waals surface area contributed by atoms with Crippen LogP contribution >= 0.6 is 0 Å². The minimum Gasteiger partial charge on any atom is -0.413 e. The molecule has 1 aliphatic heterocycles. The summed E-state index contributed by atoms with van der Waals surface area (Å²) >= 11 is 0. The molecule has 0 radical (unpaired) electrons. The summed E-state index contributed by atoms with van der Waals surface area (Å²) in [5, 5.41) is 0. The van der Waals surface area contributed by atoms with Crippen molar-refractivity contribution in [2.45, 2.75) is 44.8 Å². The van der Waals surface area contributed by atoms with Crippen LogP contribution in [0.3, 0.4) is 0 Å². The summed E-state index contributed by atoms with van der Waals surface area (Å²) in [6, 6.07) is 9.86. The Balaban J connectivity index is 2.27. The van der Waals surface area contributed by atoms with Gasteiger partial charge in [-0.25, -0.2) is 0 Å². The summed E-state index contributed by atoms with van der Waals surface area (Å²) in [6.45, 7) is 9.01. The number of carbonyl (C=O) groups excluding carboxylic acids is 1. The van der Waals surface area contributed by atoms with Crippen LogP contribution in [0.15, 0.2) is 42.5 Å². The van der Waals surface area contributed by atoms with Crippen LogP contribution in [0, 0.1) is 0 Å². The van der Waals surface area contributed by atoms with E-state index in [2.05, 4.69) is 19.6 Å². The molecule has 126 valence electrons. The second-order valence-electron chi connectivity index (χ2n) is 6.91. The van der Waals surface area contributed by atoms with Gasteiger partial charge in [0.1, 0.15) is 0 Å². The van der Waals surface area contributed by atoms with Gasteiger partial charge in [0.15, 0.2) is 8.32 Å². The highest BCUT2D eigenvalue weighted by molar-refractivity contribution is 6.69. The average Bonchev–Trinajstić information content (AvgIpc) is 2.86. The Kier molecular flexibility index (Phi) is 5.78. The maximum atomic E-state index is 12.5. The van der Waals surface area contributed by atoms with Crippen LogP contribution in [-0.2, 0) is 14.0 Å². The predicted molar refractivity (Wildman–Crippen MR) is 94.7 cm³/mol.